The zero-order chi connectivity index (χ0) is 16.9. The lowest BCUT2D eigenvalue weighted by Gasteiger charge is -2.35. The van der Waals surface area contributed by atoms with Crippen LogP contribution in [-0.2, 0) is 4.74 Å². The zero-order valence-corrected chi connectivity index (χ0v) is 14.1. The number of amides is 1. The molecule has 0 unspecified atom stereocenters. The highest BCUT2D eigenvalue weighted by molar-refractivity contribution is 5.68. The highest BCUT2D eigenvalue weighted by Gasteiger charge is 2.25. The van der Waals surface area contributed by atoms with Crippen molar-refractivity contribution in [1.29, 1.82) is 0 Å². The largest absolute Gasteiger partial charge is 0.476 e. The molecule has 2 N–H and O–H groups in total. The number of hydrogen-bond acceptors (Lipinski definition) is 6. The molecule has 1 aromatic rings. The molecule has 0 radical (unpaired) electrons. The molecule has 1 aliphatic heterocycles. The molecule has 2 rings (SSSR count). The van der Waals surface area contributed by atoms with Crippen LogP contribution in [0.25, 0.3) is 0 Å². The summed E-state index contributed by atoms with van der Waals surface area (Å²) in [5.74, 6) is 0.576. The normalized spacial score (nSPS) is 16.2. The van der Waals surface area contributed by atoms with Crippen molar-refractivity contribution < 1.29 is 14.3 Å². The fraction of sp³-hybridized carbons (Fsp3) is 0.625. The van der Waals surface area contributed by atoms with E-state index < -0.39 is 5.60 Å². The number of pyridine rings is 1. The van der Waals surface area contributed by atoms with E-state index in [9.17, 15) is 4.79 Å². The Labute approximate surface area is 137 Å². The van der Waals surface area contributed by atoms with Gasteiger partial charge in [0, 0.05) is 38.8 Å². The van der Waals surface area contributed by atoms with Gasteiger partial charge in [-0.2, -0.15) is 0 Å². The van der Waals surface area contributed by atoms with Crippen molar-refractivity contribution in [3.63, 3.8) is 0 Å². The number of ether oxygens (including phenoxy) is 2. The van der Waals surface area contributed by atoms with Crippen LogP contribution in [0, 0.1) is 0 Å². The highest BCUT2D eigenvalue weighted by Crippen LogP contribution is 2.12. The molecule has 1 amide bonds. The van der Waals surface area contributed by atoms with Gasteiger partial charge in [-0.3, -0.25) is 4.90 Å². The van der Waals surface area contributed by atoms with Gasteiger partial charge < -0.3 is 20.1 Å². The second-order valence-electron chi connectivity index (χ2n) is 6.59. The smallest absolute Gasteiger partial charge is 0.410 e. The van der Waals surface area contributed by atoms with Gasteiger partial charge in [0.05, 0.1) is 11.9 Å². The number of nitrogens with two attached hydrogens (primary N) is 1. The first-order valence-electron chi connectivity index (χ1n) is 7.88. The average Bonchev–Trinajstić information content (AvgIpc) is 2.48. The molecule has 1 aromatic heterocycles. The summed E-state index contributed by atoms with van der Waals surface area (Å²) in [7, 11) is 0. The van der Waals surface area contributed by atoms with E-state index in [0.717, 1.165) is 19.6 Å². The number of aromatic nitrogens is 1. The van der Waals surface area contributed by atoms with Crippen LogP contribution in [0.2, 0.25) is 0 Å². The second-order valence-corrected chi connectivity index (χ2v) is 6.59. The molecule has 1 saturated heterocycles. The van der Waals surface area contributed by atoms with E-state index in [-0.39, 0.29) is 6.09 Å². The van der Waals surface area contributed by atoms with Crippen LogP contribution in [0.3, 0.4) is 0 Å². The quantitative estimate of drug-likeness (QED) is 0.907. The van der Waals surface area contributed by atoms with E-state index in [4.69, 9.17) is 15.2 Å². The standard InChI is InChI=1S/C16H26N4O3/c1-16(2,3)23-15(21)20-8-6-19(7-9-20)10-11-22-14-5-4-13(17)12-18-14/h4-5,12H,6-11,17H2,1-3H3. The maximum absolute atomic E-state index is 12.0. The molecule has 0 bridgehead atoms. The van der Waals surface area contributed by atoms with Crippen LogP contribution in [0.4, 0.5) is 10.5 Å². The van der Waals surface area contributed by atoms with Crippen molar-refractivity contribution in [2.45, 2.75) is 26.4 Å². The van der Waals surface area contributed by atoms with Crippen molar-refractivity contribution in [2.24, 2.45) is 0 Å². The molecule has 0 spiro atoms. The predicted octanol–water partition coefficient (Wildman–Crippen LogP) is 1.60. The third kappa shape index (κ3) is 5.94. The molecule has 7 nitrogen and oxygen atoms in total. The first-order chi connectivity index (χ1) is 10.8. The topological polar surface area (TPSA) is 80.9 Å². The number of piperazine rings is 1. The van der Waals surface area contributed by atoms with E-state index in [0.29, 0.717) is 31.3 Å². The third-order valence-electron chi connectivity index (χ3n) is 3.44. The van der Waals surface area contributed by atoms with Gasteiger partial charge in [-0.25, -0.2) is 9.78 Å². The maximum atomic E-state index is 12.0. The summed E-state index contributed by atoms with van der Waals surface area (Å²) in [5, 5.41) is 0. The molecule has 0 aliphatic carbocycles. The van der Waals surface area contributed by atoms with Crippen LogP contribution in [0.1, 0.15) is 20.8 Å². The van der Waals surface area contributed by atoms with E-state index in [1.165, 1.54) is 0 Å². The van der Waals surface area contributed by atoms with Crippen LogP contribution in [0.5, 0.6) is 5.88 Å². The summed E-state index contributed by atoms with van der Waals surface area (Å²) < 4.78 is 11.0. The number of rotatable bonds is 4. The summed E-state index contributed by atoms with van der Waals surface area (Å²) in [6.45, 7) is 9.98. The Morgan fingerprint density at radius 2 is 1.96 bits per heavy atom. The van der Waals surface area contributed by atoms with Crippen molar-refractivity contribution >= 4 is 11.8 Å². The lowest BCUT2D eigenvalue weighted by Crippen LogP contribution is -2.50. The number of nitrogens with zero attached hydrogens (tertiary/aromatic N) is 3. The zero-order valence-electron chi connectivity index (χ0n) is 14.1. The second kappa shape index (κ2) is 7.50. The Morgan fingerprint density at radius 3 is 2.52 bits per heavy atom. The minimum absolute atomic E-state index is 0.237. The van der Waals surface area contributed by atoms with E-state index >= 15 is 0 Å². The highest BCUT2D eigenvalue weighted by atomic mass is 16.6. The first-order valence-corrected chi connectivity index (χ1v) is 7.88. The summed E-state index contributed by atoms with van der Waals surface area (Å²) in [5.41, 5.74) is 5.75. The molecule has 1 fully saturated rings. The Hall–Kier alpha value is -2.02. The van der Waals surface area contributed by atoms with Gasteiger partial charge in [-0.1, -0.05) is 0 Å². The molecule has 0 saturated carbocycles. The van der Waals surface area contributed by atoms with Crippen LogP contribution < -0.4 is 10.5 Å². The Bertz CT molecular complexity index is 505. The number of nitrogen functional groups attached to an aromatic ring is 1. The maximum Gasteiger partial charge on any atom is 0.410 e. The molecule has 23 heavy (non-hydrogen) atoms. The predicted molar refractivity (Wildman–Crippen MR) is 88.4 cm³/mol. The van der Waals surface area contributed by atoms with Crippen LogP contribution in [0.15, 0.2) is 18.3 Å². The molecular weight excluding hydrogens is 296 g/mol. The Balaban J connectivity index is 1.66. The molecule has 7 heteroatoms. The molecule has 2 heterocycles. The number of hydrogen-bond donors (Lipinski definition) is 1. The third-order valence-corrected chi connectivity index (χ3v) is 3.44. The molecular formula is C16H26N4O3. The molecule has 128 valence electrons. The van der Waals surface area contributed by atoms with Gasteiger partial charge in [0.15, 0.2) is 0 Å². The van der Waals surface area contributed by atoms with Crippen molar-refractivity contribution in [2.75, 3.05) is 45.1 Å². The Morgan fingerprint density at radius 1 is 1.26 bits per heavy atom. The van der Waals surface area contributed by atoms with Gasteiger partial charge >= 0.3 is 6.09 Å². The molecule has 0 atom stereocenters. The summed E-state index contributed by atoms with van der Waals surface area (Å²) in [6, 6.07) is 3.53. The van der Waals surface area contributed by atoms with Crippen LogP contribution in [-0.4, -0.2) is 65.8 Å². The van der Waals surface area contributed by atoms with Gasteiger partial charge in [0.25, 0.3) is 0 Å². The minimum Gasteiger partial charge on any atom is -0.476 e. The molecule has 1 aliphatic rings. The van der Waals surface area contributed by atoms with Gasteiger partial charge in [0.2, 0.25) is 5.88 Å². The van der Waals surface area contributed by atoms with Gasteiger partial charge in [-0.15, -0.1) is 0 Å². The Kier molecular flexibility index (Phi) is 5.65. The minimum atomic E-state index is -0.450. The number of anilines is 1. The number of carbonyl (C=O) groups is 1. The fourth-order valence-electron chi connectivity index (χ4n) is 2.24. The van der Waals surface area contributed by atoms with Crippen molar-refractivity contribution in [3.05, 3.63) is 18.3 Å². The van der Waals surface area contributed by atoms with E-state index in [1.807, 2.05) is 20.8 Å². The number of carbonyl (C=O) groups excluding carboxylic acids is 1. The van der Waals surface area contributed by atoms with E-state index in [1.54, 1.807) is 23.2 Å². The molecule has 0 aromatic carbocycles. The van der Waals surface area contributed by atoms with Gasteiger partial charge in [-0.05, 0) is 26.8 Å². The summed E-state index contributed by atoms with van der Waals surface area (Å²) in [4.78, 5) is 20.1. The van der Waals surface area contributed by atoms with Gasteiger partial charge in [0.1, 0.15) is 12.2 Å². The monoisotopic (exact) mass is 322 g/mol. The average molecular weight is 322 g/mol. The van der Waals surface area contributed by atoms with E-state index in [2.05, 4.69) is 9.88 Å². The SMILES string of the molecule is CC(C)(C)OC(=O)N1CCN(CCOc2ccc(N)cn2)CC1. The summed E-state index contributed by atoms with van der Waals surface area (Å²) >= 11 is 0. The van der Waals surface area contributed by atoms with Crippen LogP contribution >= 0.6 is 0 Å². The summed E-state index contributed by atoms with van der Waals surface area (Å²) in [6.07, 6.45) is 1.34. The van der Waals surface area contributed by atoms with Crippen molar-refractivity contribution in [3.8, 4) is 5.88 Å². The lowest BCUT2D eigenvalue weighted by molar-refractivity contribution is 0.0136. The first kappa shape index (κ1) is 17.3. The lowest BCUT2D eigenvalue weighted by atomic mass is 10.2. The van der Waals surface area contributed by atoms with Crippen molar-refractivity contribution in [1.82, 2.24) is 14.8 Å². The fourth-order valence-corrected chi connectivity index (χ4v) is 2.24.